The van der Waals surface area contributed by atoms with Crippen molar-refractivity contribution in [3.8, 4) is 22.6 Å². The summed E-state index contributed by atoms with van der Waals surface area (Å²) in [5.74, 6) is -0.711. The second-order valence-electron chi connectivity index (χ2n) is 4.94. The minimum atomic E-state index is -4.65. The monoisotopic (exact) mass is 334 g/mol. The van der Waals surface area contributed by atoms with Crippen LogP contribution in [-0.2, 0) is 6.18 Å². The lowest BCUT2D eigenvalue weighted by Crippen LogP contribution is -2.04. The van der Waals surface area contributed by atoms with E-state index in [1.54, 1.807) is 24.3 Å². The van der Waals surface area contributed by atoms with Crippen LogP contribution in [0.5, 0.6) is 0 Å². The zero-order chi connectivity index (χ0) is 17.2. The smallest absolute Gasteiger partial charge is 0.370 e. The molecule has 3 aromatic rings. The standard InChI is InChI=1S/C16H13F3N4O/c1-2-20-13-5-3-4-12(21-13)10-6-8-11(9-7-10)14-22-15(24-23-14)16(17,18)19/h3-9H,2H2,1H3,(H,20,21). The van der Waals surface area contributed by atoms with Gasteiger partial charge >= 0.3 is 12.1 Å². The van der Waals surface area contributed by atoms with Crippen molar-refractivity contribution in [3.05, 3.63) is 48.4 Å². The molecule has 1 aromatic carbocycles. The zero-order valence-corrected chi connectivity index (χ0v) is 12.6. The van der Waals surface area contributed by atoms with Crippen molar-refractivity contribution in [3.63, 3.8) is 0 Å². The van der Waals surface area contributed by atoms with Gasteiger partial charge in [-0.1, -0.05) is 35.5 Å². The number of hydrogen-bond donors (Lipinski definition) is 1. The first kappa shape index (κ1) is 16.0. The molecule has 0 aliphatic rings. The maximum atomic E-state index is 12.5. The first-order valence-electron chi connectivity index (χ1n) is 7.20. The number of nitrogens with zero attached hydrogens (tertiary/aromatic N) is 3. The Morgan fingerprint density at radius 2 is 1.71 bits per heavy atom. The highest BCUT2D eigenvalue weighted by Crippen LogP contribution is 2.30. The summed E-state index contributed by atoms with van der Waals surface area (Å²) in [7, 11) is 0. The fourth-order valence-electron chi connectivity index (χ4n) is 2.12. The molecule has 8 heteroatoms. The molecule has 0 aliphatic heterocycles. The van der Waals surface area contributed by atoms with Crippen LogP contribution in [0, 0.1) is 0 Å². The number of aromatic nitrogens is 3. The molecule has 124 valence electrons. The highest BCUT2D eigenvalue weighted by Gasteiger charge is 2.38. The average Bonchev–Trinajstić information content (AvgIpc) is 3.06. The van der Waals surface area contributed by atoms with Gasteiger partial charge in [0.15, 0.2) is 0 Å². The molecule has 0 fully saturated rings. The Morgan fingerprint density at radius 1 is 1.00 bits per heavy atom. The number of benzene rings is 1. The average molecular weight is 334 g/mol. The molecule has 0 atom stereocenters. The Hall–Kier alpha value is -2.90. The van der Waals surface area contributed by atoms with E-state index in [2.05, 4.69) is 25.0 Å². The van der Waals surface area contributed by atoms with Crippen molar-refractivity contribution in [2.75, 3.05) is 11.9 Å². The Labute approximate surface area is 135 Å². The highest BCUT2D eigenvalue weighted by atomic mass is 19.4. The zero-order valence-electron chi connectivity index (χ0n) is 12.6. The van der Waals surface area contributed by atoms with E-state index in [9.17, 15) is 13.2 Å². The van der Waals surface area contributed by atoms with Crippen LogP contribution in [-0.4, -0.2) is 21.7 Å². The van der Waals surface area contributed by atoms with Crippen LogP contribution in [0.1, 0.15) is 12.8 Å². The van der Waals surface area contributed by atoms with Crippen molar-refractivity contribution in [2.24, 2.45) is 0 Å². The molecular formula is C16H13F3N4O. The predicted octanol–water partition coefficient (Wildman–Crippen LogP) is 4.25. The second-order valence-corrected chi connectivity index (χ2v) is 4.94. The Morgan fingerprint density at radius 3 is 2.33 bits per heavy atom. The van der Waals surface area contributed by atoms with Gasteiger partial charge in [-0.2, -0.15) is 18.2 Å². The van der Waals surface area contributed by atoms with E-state index in [4.69, 9.17) is 0 Å². The van der Waals surface area contributed by atoms with Crippen LogP contribution < -0.4 is 5.32 Å². The van der Waals surface area contributed by atoms with Gasteiger partial charge in [-0.05, 0) is 19.1 Å². The lowest BCUT2D eigenvalue weighted by atomic mass is 10.1. The van der Waals surface area contributed by atoms with Crippen molar-refractivity contribution in [2.45, 2.75) is 13.1 Å². The minimum Gasteiger partial charge on any atom is -0.370 e. The van der Waals surface area contributed by atoms with Crippen LogP contribution in [0.15, 0.2) is 47.0 Å². The first-order valence-corrected chi connectivity index (χ1v) is 7.20. The van der Waals surface area contributed by atoms with Gasteiger partial charge in [0.05, 0.1) is 5.69 Å². The van der Waals surface area contributed by atoms with Gasteiger partial charge in [-0.3, -0.25) is 0 Å². The van der Waals surface area contributed by atoms with E-state index in [0.29, 0.717) is 5.56 Å². The number of nitrogens with one attached hydrogen (secondary N) is 1. The number of alkyl halides is 3. The normalized spacial score (nSPS) is 11.5. The molecule has 0 bridgehead atoms. The summed E-state index contributed by atoms with van der Waals surface area (Å²) in [6.07, 6.45) is -4.65. The number of anilines is 1. The maximum absolute atomic E-state index is 12.5. The molecule has 0 saturated carbocycles. The summed E-state index contributed by atoms with van der Waals surface area (Å²) in [6, 6.07) is 12.3. The van der Waals surface area contributed by atoms with E-state index in [1.807, 2.05) is 25.1 Å². The molecule has 0 aliphatic carbocycles. The van der Waals surface area contributed by atoms with Crippen LogP contribution in [0.25, 0.3) is 22.6 Å². The third kappa shape index (κ3) is 3.37. The summed E-state index contributed by atoms with van der Waals surface area (Å²) in [4.78, 5) is 7.83. The number of rotatable bonds is 4. The molecule has 3 rings (SSSR count). The summed E-state index contributed by atoms with van der Waals surface area (Å²) < 4.78 is 41.7. The fraction of sp³-hybridized carbons (Fsp3) is 0.188. The number of hydrogen-bond acceptors (Lipinski definition) is 5. The van der Waals surface area contributed by atoms with E-state index < -0.39 is 12.1 Å². The van der Waals surface area contributed by atoms with Crippen molar-refractivity contribution < 1.29 is 17.7 Å². The van der Waals surface area contributed by atoms with E-state index in [-0.39, 0.29) is 5.82 Å². The molecule has 1 N–H and O–H groups in total. The number of halogens is 3. The first-order chi connectivity index (χ1) is 11.5. The lowest BCUT2D eigenvalue weighted by molar-refractivity contribution is -0.159. The largest absolute Gasteiger partial charge is 0.471 e. The van der Waals surface area contributed by atoms with Gasteiger partial charge in [-0.25, -0.2) is 4.98 Å². The molecular weight excluding hydrogens is 321 g/mol. The molecule has 0 radical (unpaired) electrons. The predicted molar refractivity (Wildman–Crippen MR) is 82.1 cm³/mol. The molecule has 2 aromatic heterocycles. The van der Waals surface area contributed by atoms with Crippen LogP contribution in [0.3, 0.4) is 0 Å². The van der Waals surface area contributed by atoms with Gasteiger partial charge in [0, 0.05) is 17.7 Å². The summed E-state index contributed by atoms with van der Waals surface area (Å²) in [5.41, 5.74) is 2.02. The quantitative estimate of drug-likeness (QED) is 0.773. The molecule has 0 spiro atoms. The van der Waals surface area contributed by atoms with Gasteiger partial charge in [0.2, 0.25) is 5.82 Å². The third-order valence-electron chi connectivity index (χ3n) is 3.21. The topological polar surface area (TPSA) is 63.8 Å². The van der Waals surface area contributed by atoms with E-state index >= 15 is 0 Å². The van der Waals surface area contributed by atoms with Crippen LogP contribution in [0.2, 0.25) is 0 Å². The molecule has 0 unspecified atom stereocenters. The van der Waals surface area contributed by atoms with Gasteiger partial charge in [0.1, 0.15) is 5.82 Å². The van der Waals surface area contributed by atoms with Crippen molar-refractivity contribution >= 4 is 5.82 Å². The second kappa shape index (κ2) is 6.31. The summed E-state index contributed by atoms with van der Waals surface area (Å²) >= 11 is 0. The molecule has 2 heterocycles. The van der Waals surface area contributed by atoms with E-state index in [1.165, 1.54) is 0 Å². The fourth-order valence-corrected chi connectivity index (χ4v) is 2.12. The minimum absolute atomic E-state index is 0.108. The summed E-state index contributed by atoms with van der Waals surface area (Å²) in [5, 5.41) is 6.48. The maximum Gasteiger partial charge on any atom is 0.471 e. The summed E-state index contributed by atoms with van der Waals surface area (Å²) in [6.45, 7) is 2.73. The van der Waals surface area contributed by atoms with Gasteiger partial charge < -0.3 is 9.84 Å². The van der Waals surface area contributed by atoms with Crippen LogP contribution >= 0.6 is 0 Å². The Kier molecular flexibility index (Phi) is 4.20. The SMILES string of the molecule is CCNc1cccc(-c2ccc(-c3noc(C(F)(F)F)n3)cc2)n1. The van der Waals surface area contributed by atoms with Crippen LogP contribution in [0.4, 0.5) is 19.0 Å². The highest BCUT2D eigenvalue weighted by molar-refractivity contribution is 5.66. The number of pyridine rings is 1. The van der Waals surface area contributed by atoms with Gasteiger partial charge in [0.25, 0.3) is 0 Å². The van der Waals surface area contributed by atoms with E-state index in [0.717, 1.165) is 23.6 Å². The molecule has 0 amide bonds. The van der Waals surface area contributed by atoms with Gasteiger partial charge in [-0.15, -0.1) is 0 Å². The van der Waals surface area contributed by atoms with Crippen molar-refractivity contribution in [1.29, 1.82) is 0 Å². The molecule has 0 saturated heterocycles. The Balaban J connectivity index is 1.85. The molecule has 5 nitrogen and oxygen atoms in total. The third-order valence-corrected chi connectivity index (χ3v) is 3.21. The Bertz CT molecular complexity index is 828. The van der Waals surface area contributed by atoms with Crippen molar-refractivity contribution in [1.82, 2.24) is 15.1 Å². The lowest BCUT2D eigenvalue weighted by Gasteiger charge is -2.06. The molecule has 24 heavy (non-hydrogen) atoms.